The summed E-state index contributed by atoms with van der Waals surface area (Å²) in [6.07, 6.45) is 5.59. The number of imide groups is 2. The second-order valence-electron chi connectivity index (χ2n) is 2.81. The standard InChI is InChI=1S/C9H6N2O4/c12-7-6(5-1-3-15-4-2-5)8(13)11-9(14)10-7/h1-4H,(H2,10,11,12,13,14). The lowest BCUT2D eigenvalue weighted by atomic mass is 10.0. The number of rotatable bonds is 0. The molecule has 2 aliphatic rings. The van der Waals surface area contributed by atoms with Crippen LogP contribution in [0.3, 0.4) is 0 Å². The van der Waals surface area contributed by atoms with Gasteiger partial charge in [0.2, 0.25) is 0 Å². The third-order valence-corrected chi connectivity index (χ3v) is 1.85. The van der Waals surface area contributed by atoms with E-state index in [9.17, 15) is 14.4 Å². The van der Waals surface area contributed by atoms with Crippen LogP contribution in [0, 0.1) is 0 Å². The molecule has 0 aromatic carbocycles. The Bertz CT molecular complexity index is 409. The first-order valence-corrected chi connectivity index (χ1v) is 4.08. The minimum atomic E-state index is -0.811. The summed E-state index contributed by atoms with van der Waals surface area (Å²) >= 11 is 0. The molecule has 0 saturated carbocycles. The van der Waals surface area contributed by atoms with Crippen molar-refractivity contribution in [2.75, 3.05) is 0 Å². The molecule has 1 fully saturated rings. The molecule has 0 bridgehead atoms. The Kier molecular flexibility index (Phi) is 2.09. The minimum absolute atomic E-state index is 0.106. The van der Waals surface area contributed by atoms with Crippen molar-refractivity contribution in [3.8, 4) is 0 Å². The number of carbonyl (C=O) groups is 3. The summed E-state index contributed by atoms with van der Waals surface area (Å²) < 4.78 is 4.76. The van der Waals surface area contributed by atoms with Gasteiger partial charge in [-0.1, -0.05) is 0 Å². The van der Waals surface area contributed by atoms with E-state index in [4.69, 9.17) is 4.74 Å². The molecular formula is C9H6N2O4. The molecule has 0 aromatic rings. The average Bonchev–Trinajstić information content (AvgIpc) is 2.17. The summed E-state index contributed by atoms with van der Waals surface area (Å²) in [7, 11) is 0. The van der Waals surface area contributed by atoms with Gasteiger partial charge in [-0.05, 0) is 17.7 Å². The van der Waals surface area contributed by atoms with Gasteiger partial charge in [-0.3, -0.25) is 20.2 Å². The highest BCUT2D eigenvalue weighted by molar-refractivity contribution is 6.29. The molecule has 2 aliphatic heterocycles. The Morgan fingerprint density at radius 1 is 0.933 bits per heavy atom. The van der Waals surface area contributed by atoms with Crippen molar-refractivity contribution in [1.29, 1.82) is 0 Å². The second kappa shape index (κ2) is 3.41. The molecule has 6 nitrogen and oxygen atoms in total. The molecule has 0 spiro atoms. The molecule has 0 atom stereocenters. The summed E-state index contributed by atoms with van der Waals surface area (Å²) in [6, 6.07) is -0.811. The lowest BCUT2D eigenvalue weighted by Gasteiger charge is -2.16. The first kappa shape index (κ1) is 9.20. The average molecular weight is 206 g/mol. The van der Waals surface area contributed by atoms with Crippen LogP contribution in [0.15, 0.2) is 35.8 Å². The van der Waals surface area contributed by atoms with Gasteiger partial charge in [-0.25, -0.2) is 4.79 Å². The van der Waals surface area contributed by atoms with Crippen molar-refractivity contribution in [2.24, 2.45) is 0 Å². The number of amides is 4. The molecule has 0 aromatic heterocycles. The van der Waals surface area contributed by atoms with Gasteiger partial charge in [0.15, 0.2) is 0 Å². The van der Waals surface area contributed by atoms with Crippen LogP contribution in [0.4, 0.5) is 4.79 Å². The van der Waals surface area contributed by atoms with Gasteiger partial charge in [0.25, 0.3) is 11.8 Å². The third-order valence-electron chi connectivity index (χ3n) is 1.85. The minimum Gasteiger partial charge on any atom is -0.473 e. The fourth-order valence-electron chi connectivity index (χ4n) is 1.22. The van der Waals surface area contributed by atoms with Gasteiger partial charge < -0.3 is 4.74 Å². The molecule has 6 heteroatoms. The number of nitrogens with one attached hydrogen (secondary N) is 2. The number of barbiturate groups is 1. The van der Waals surface area contributed by atoms with Crippen LogP contribution in [0.5, 0.6) is 0 Å². The van der Waals surface area contributed by atoms with E-state index in [0.29, 0.717) is 5.57 Å². The van der Waals surface area contributed by atoms with Crippen LogP contribution in [-0.2, 0) is 14.3 Å². The number of hydrogen-bond donors (Lipinski definition) is 2. The fourth-order valence-corrected chi connectivity index (χ4v) is 1.22. The predicted octanol–water partition coefficient (Wildman–Crippen LogP) is -0.293. The number of ether oxygens (including phenoxy) is 1. The summed E-state index contributed by atoms with van der Waals surface area (Å²) in [6.45, 7) is 0. The third kappa shape index (κ3) is 1.64. The zero-order valence-electron chi connectivity index (χ0n) is 7.44. The number of allylic oxidation sites excluding steroid dienone is 3. The lowest BCUT2D eigenvalue weighted by molar-refractivity contribution is -0.124. The van der Waals surface area contributed by atoms with Crippen LogP contribution >= 0.6 is 0 Å². The van der Waals surface area contributed by atoms with E-state index in [1.165, 1.54) is 24.7 Å². The number of hydrogen-bond acceptors (Lipinski definition) is 4. The van der Waals surface area contributed by atoms with Gasteiger partial charge in [-0.15, -0.1) is 0 Å². The van der Waals surface area contributed by atoms with Crippen LogP contribution < -0.4 is 10.6 Å². The molecule has 0 radical (unpaired) electrons. The van der Waals surface area contributed by atoms with Crippen molar-refractivity contribution in [3.63, 3.8) is 0 Å². The van der Waals surface area contributed by atoms with Crippen LogP contribution in [-0.4, -0.2) is 17.8 Å². The molecule has 4 amide bonds. The van der Waals surface area contributed by atoms with E-state index in [2.05, 4.69) is 0 Å². The highest BCUT2D eigenvalue weighted by atomic mass is 16.5. The van der Waals surface area contributed by atoms with E-state index >= 15 is 0 Å². The van der Waals surface area contributed by atoms with Crippen LogP contribution in [0.25, 0.3) is 0 Å². The van der Waals surface area contributed by atoms with Gasteiger partial charge in [0.05, 0.1) is 12.5 Å². The Morgan fingerprint density at radius 2 is 1.47 bits per heavy atom. The Labute approximate surface area is 84.3 Å². The van der Waals surface area contributed by atoms with E-state index in [1.54, 1.807) is 0 Å². The van der Waals surface area contributed by atoms with E-state index in [-0.39, 0.29) is 5.57 Å². The maximum absolute atomic E-state index is 11.4. The zero-order chi connectivity index (χ0) is 10.8. The second-order valence-corrected chi connectivity index (χ2v) is 2.81. The number of carbonyl (C=O) groups excluding carboxylic acids is 3. The maximum atomic E-state index is 11.4. The molecule has 76 valence electrons. The maximum Gasteiger partial charge on any atom is 0.328 e. The topological polar surface area (TPSA) is 84.5 Å². The quantitative estimate of drug-likeness (QED) is 0.421. The number of urea groups is 1. The van der Waals surface area contributed by atoms with Gasteiger partial charge >= 0.3 is 6.03 Å². The van der Waals surface area contributed by atoms with Crippen molar-refractivity contribution in [1.82, 2.24) is 10.6 Å². The van der Waals surface area contributed by atoms with E-state index < -0.39 is 17.8 Å². The van der Waals surface area contributed by atoms with Crippen LogP contribution in [0.2, 0.25) is 0 Å². The normalized spacial score (nSPS) is 19.9. The zero-order valence-corrected chi connectivity index (χ0v) is 7.44. The van der Waals surface area contributed by atoms with E-state index in [0.717, 1.165) is 0 Å². The molecule has 0 unspecified atom stereocenters. The van der Waals surface area contributed by atoms with E-state index in [1.807, 2.05) is 10.6 Å². The Hall–Kier alpha value is -2.37. The molecule has 2 N–H and O–H groups in total. The first-order chi connectivity index (χ1) is 7.18. The van der Waals surface area contributed by atoms with Gasteiger partial charge in [0, 0.05) is 0 Å². The summed E-state index contributed by atoms with van der Waals surface area (Å²) in [5.74, 6) is -1.43. The fraction of sp³-hybridized carbons (Fsp3) is 0. The van der Waals surface area contributed by atoms with Crippen molar-refractivity contribution >= 4 is 17.8 Å². The smallest absolute Gasteiger partial charge is 0.328 e. The van der Waals surface area contributed by atoms with Gasteiger partial charge in [-0.2, -0.15) is 0 Å². The molecule has 2 rings (SSSR count). The van der Waals surface area contributed by atoms with Crippen LogP contribution in [0.1, 0.15) is 0 Å². The molecule has 2 heterocycles. The monoisotopic (exact) mass is 206 g/mol. The molecule has 15 heavy (non-hydrogen) atoms. The molecular weight excluding hydrogens is 200 g/mol. The van der Waals surface area contributed by atoms with Crippen molar-refractivity contribution in [2.45, 2.75) is 0 Å². The first-order valence-electron chi connectivity index (χ1n) is 4.08. The summed E-state index contributed by atoms with van der Waals surface area (Å²) in [5, 5.41) is 3.96. The predicted molar refractivity (Wildman–Crippen MR) is 48.1 cm³/mol. The van der Waals surface area contributed by atoms with Crippen molar-refractivity contribution in [3.05, 3.63) is 35.8 Å². The summed E-state index contributed by atoms with van der Waals surface area (Å²) in [5.41, 5.74) is 0.286. The Balaban J connectivity index is 2.43. The molecule has 0 aliphatic carbocycles. The highest BCUT2D eigenvalue weighted by Crippen LogP contribution is 2.14. The SMILES string of the molecule is O=C1NC(=O)C(=C2C=COC=C2)C(=O)N1. The van der Waals surface area contributed by atoms with Gasteiger partial charge in [0.1, 0.15) is 5.57 Å². The summed E-state index contributed by atoms with van der Waals surface area (Å²) in [4.78, 5) is 33.5. The highest BCUT2D eigenvalue weighted by Gasteiger charge is 2.29. The Morgan fingerprint density at radius 3 is 2.00 bits per heavy atom. The van der Waals surface area contributed by atoms with Crippen molar-refractivity contribution < 1.29 is 19.1 Å². The largest absolute Gasteiger partial charge is 0.473 e. The molecule has 1 saturated heterocycles. The lowest BCUT2D eigenvalue weighted by Crippen LogP contribution is -2.51.